The van der Waals surface area contributed by atoms with Gasteiger partial charge < -0.3 is 0 Å². The second-order valence-corrected chi connectivity index (χ2v) is 7.07. The maximum Gasteiger partial charge on any atom is 0.0216 e. The van der Waals surface area contributed by atoms with Gasteiger partial charge in [0.25, 0.3) is 0 Å². The van der Waals surface area contributed by atoms with Gasteiger partial charge in [-0.15, -0.1) is 0 Å². The summed E-state index contributed by atoms with van der Waals surface area (Å²) in [5.41, 5.74) is 1.14. The second kappa shape index (κ2) is 3.48. The predicted molar refractivity (Wildman–Crippen MR) is 66.0 cm³/mol. The summed E-state index contributed by atoms with van der Waals surface area (Å²) in [6.07, 6.45) is 5.77. The lowest BCUT2D eigenvalue weighted by atomic mass is 9.72. The van der Waals surface area contributed by atoms with Crippen LogP contribution in [0, 0.1) is 11.3 Å². The molecule has 0 N–H and O–H groups in total. The highest BCUT2D eigenvalue weighted by molar-refractivity contribution is 5.09. The van der Waals surface area contributed by atoms with E-state index in [0.717, 1.165) is 12.0 Å². The van der Waals surface area contributed by atoms with Crippen LogP contribution in [0.3, 0.4) is 0 Å². The maximum absolute atomic E-state index is 2.77. The minimum Gasteiger partial charge on any atom is -0.295 e. The number of hydrogen-bond donors (Lipinski definition) is 0. The Kier molecular flexibility index (Phi) is 2.65. The fourth-order valence-electron chi connectivity index (χ4n) is 3.39. The van der Waals surface area contributed by atoms with Gasteiger partial charge in [-0.1, -0.05) is 20.8 Å². The maximum atomic E-state index is 2.77. The van der Waals surface area contributed by atoms with E-state index in [1.807, 2.05) is 0 Å². The summed E-state index contributed by atoms with van der Waals surface area (Å²) in [4.78, 5) is 2.77. The van der Waals surface area contributed by atoms with Gasteiger partial charge in [0.1, 0.15) is 0 Å². The molecule has 0 radical (unpaired) electrons. The average molecular weight is 209 g/mol. The summed E-state index contributed by atoms with van der Waals surface area (Å²) in [5, 5.41) is 0. The van der Waals surface area contributed by atoms with Gasteiger partial charge in [-0.3, -0.25) is 4.90 Å². The van der Waals surface area contributed by atoms with Crippen LogP contribution in [0.5, 0.6) is 0 Å². The Balaban J connectivity index is 2.06. The number of piperidine rings is 1. The number of hydrogen-bond acceptors (Lipinski definition) is 1. The van der Waals surface area contributed by atoms with Gasteiger partial charge in [-0.2, -0.15) is 0 Å². The van der Waals surface area contributed by atoms with Crippen LogP contribution in [0.1, 0.15) is 60.3 Å². The Morgan fingerprint density at radius 1 is 1.20 bits per heavy atom. The van der Waals surface area contributed by atoms with Gasteiger partial charge in [0, 0.05) is 11.6 Å². The lowest BCUT2D eigenvalue weighted by Crippen LogP contribution is -2.50. The van der Waals surface area contributed by atoms with Crippen LogP contribution in [0.4, 0.5) is 0 Å². The van der Waals surface area contributed by atoms with Crippen LogP contribution in [0.2, 0.25) is 0 Å². The number of rotatable bonds is 1. The molecule has 1 spiro atoms. The van der Waals surface area contributed by atoms with E-state index in [1.165, 1.54) is 32.2 Å². The van der Waals surface area contributed by atoms with Crippen LogP contribution in [0.15, 0.2) is 0 Å². The molecule has 15 heavy (non-hydrogen) atoms. The first-order valence-corrected chi connectivity index (χ1v) is 6.62. The molecule has 0 bridgehead atoms. The van der Waals surface area contributed by atoms with Gasteiger partial charge in [-0.25, -0.2) is 0 Å². The largest absolute Gasteiger partial charge is 0.295 e. The zero-order chi connectivity index (χ0) is 11.3. The minimum atomic E-state index is 0.513. The van der Waals surface area contributed by atoms with Gasteiger partial charge in [-0.05, 0) is 57.4 Å². The van der Waals surface area contributed by atoms with Crippen molar-refractivity contribution in [3.05, 3.63) is 0 Å². The van der Waals surface area contributed by atoms with Gasteiger partial charge in [0.05, 0.1) is 0 Å². The van der Waals surface area contributed by atoms with E-state index in [4.69, 9.17) is 0 Å². The Hall–Kier alpha value is -0.0400. The van der Waals surface area contributed by atoms with Crippen molar-refractivity contribution in [2.24, 2.45) is 11.3 Å². The third-order valence-electron chi connectivity index (χ3n) is 4.63. The van der Waals surface area contributed by atoms with E-state index in [0.29, 0.717) is 11.0 Å². The topological polar surface area (TPSA) is 3.24 Å². The highest BCUT2D eigenvalue weighted by atomic mass is 15.3. The molecule has 1 aliphatic carbocycles. The third-order valence-corrected chi connectivity index (χ3v) is 4.63. The molecule has 1 unspecified atom stereocenters. The van der Waals surface area contributed by atoms with Crippen molar-refractivity contribution >= 4 is 0 Å². The normalized spacial score (nSPS) is 31.2. The average Bonchev–Trinajstić information content (AvgIpc) is 2.83. The highest BCUT2D eigenvalue weighted by Crippen LogP contribution is 2.53. The molecule has 2 rings (SSSR count). The van der Waals surface area contributed by atoms with Crippen molar-refractivity contribution in [2.75, 3.05) is 6.54 Å². The second-order valence-electron chi connectivity index (χ2n) is 7.07. The smallest absolute Gasteiger partial charge is 0.0216 e. The molecule has 1 nitrogen and oxygen atoms in total. The Morgan fingerprint density at radius 2 is 1.80 bits per heavy atom. The highest BCUT2D eigenvalue weighted by Gasteiger charge is 2.53. The molecule has 1 saturated heterocycles. The minimum absolute atomic E-state index is 0.513. The molecule has 2 fully saturated rings. The quantitative estimate of drug-likeness (QED) is 0.636. The van der Waals surface area contributed by atoms with Crippen molar-refractivity contribution in [3.63, 3.8) is 0 Å². The lowest BCUT2D eigenvalue weighted by molar-refractivity contribution is 0.0270. The van der Waals surface area contributed by atoms with Gasteiger partial charge >= 0.3 is 0 Å². The predicted octanol–water partition coefficient (Wildman–Crippen LogP) is 3.69. The summed E-state index contributed by atoms with van der Waals surface area (Å²) < 4.78 is 0. The van der Waals surface area contributed by atoms with E-state index >= 15 is 0 Å². The zero-order valence-electron chi connectivity index (χ0n) is 11.1. The first-order valence-electron chi connectivity index (χ1n) is 6.62. The summed E-state index contributed by atoms with van der Waals surface area (Å²) in [5.74, 6) is 0.940. The first kappa shape index (κ1) is 11.4. The molecular formula is C14H27N. The number of nitrogens with zero attached hydrogens (tertiary/aromatic N) is 1. The van der Waals surface area contributed by atoms with Crippen LogP contribution in [-0.2, 0) is 0 Å². The van der Waals surface area contributed by atoms with Crippen molar-refractivity contribution in [1.29, 1.82) is 0 Å². The summed E-state index contributed by atoms with van der Waals surface area (Å²) >= 11 is 0. The molecule has 88 valence electrons. The van der Waals surface area contributed by atoms with Crippen molar-refractivity contribution in [3.8, 4) is 0 Å². The molecule has 1 heteroatoms. The van der Waals surface area contributed by atoms with Crippen LogP contribution >= 0.6 is 0 Å². The SMILES string of the molecule is CC(C)N1CCC(C(C)(C)C)CC12CC2. The summed E-state index contributed by atoms with van der Waals surface area (Å²) in [6, 6.07) is 0.744. The number of likely N-dealkylation sites (tertiary alicyclic amines) is 1. The lowest BCUT2D eigenvalue weighted by Gasteiger charge is -2.46. The molecule has 1 heterocycles. The molecule has 0 amide bonds. The van der Waals surface area contributed by atoms with Crippen LogP contribution in [0.25, 0.3) is 0 Å². The molecule has 1 atom stereocenters. The standard InChI is InChI=1S/C14H27N/c1-11(2)15-9-6-12(13(3,4)5)10-14(15)7-8-14/h11-12H,6-10H2,1-5H3. The zero-order valence-corrected chi connectivity index (χ0v) is 11.1. The van der Waals surface area contributed by atoms with E-state index in [1.54, 1.807) is 0 Å². The Labute approximate surface area is 95.2 Å². The molecule has 2 aliphatic rings. The van der Waals surface area contributed by atoms with Crippen molar-refractivity contribution in [2.45, 2.75) is 71.9 Å². The van der Waals surface area contributed by atoms with E-state index in [2.05, 4.69) is 39.5 Å². The van der Waals surface area contributed by atoms with Gasteiger partial charge in [0.2, 0.25) is 0 Å². The van der Waals surface area contributed by atoms with Gasteiger partial charge in [0.15, 0.2) is 0 Å². The summed E-state index contributed by atoms with van der Waals surface area (Å²) in [7, 11) is 0. The summed E-state index contributed by atoms with van der Waals surface area (Å²) in [6.45, 7) is 13.3. The first-order chi connectivity index (χ1) is 6.85. The molecule has 1 aliphatic heterocycles. The van der Waals surface area contributed by atoms with Crippen molar-refractivity contribution in [1.82, 2.24) is 4.90 Å². The fourth-order valence-corrected chi connectivity index (χ4v) is 3.39. The van der Waals surface area contributed by atoms with Crippen LogP contribution in [-0.4, -0.2) is 23.0 Å². The molecule has 1 saturated carbocycles. The Morgan fingerprint density at radius 3 is 2.20 bits per heavy atom. The van der Waals surface area contributed by atoms with E-state index in [-0.39, 0.29) is 0 Å². The molecular weight excluding hydrogens is 182 g/mol. The molecule has 0 aromatic carbocycles. The van der Waals surface area contributed by atoms with E-state index < -0.39 is 0 Å². The molecule has 0 aromatic rings. The van der Waals surface area contributed by atoms with Crippen molar-refractivity contribution < 1.29 is 0 Å². The van der Waals surface area contributed by atoms with Crippen LogP contribution < -0.4 is 0 Å². The molecule has 0 aromatic heterocycles. The monoisotopic (exact) mass is 209 g/mol. The van der Waals surface area contributed by atoms with E-state index in [9.17, 15) is 0 Å². The fraction of sp³-hybridized carbons (Fsp3) is 1.00. The third kappa shape index (κ3) is 2.08. The Bertz CT molecular complexity index is 232.